The molecule has 2 rings (SSSR count). The first-order valence-corrected chi connectivity index (χ1v) is 11.5. The van der Waals surface area contributed by atoms with Gasteiger partial charge in [0, 0.05) is 13.1 Å². The van der Waals surface area contributed by atoms with Crippen LogP contribution >= 0.6 is 0 Å². The van der Waals surface area contributed by atoms with Gasteiger partial charge < -0.3 is 26.2 Å². The van der Waals surface area contributed by atoms with Crippen LogP contribution in [-0.4, -0.2) is 58.7 Å². The summed E-state index contributed by atoms with van der Waals surface area (Å²) in [6, 6.07) is 2.19. The lowest BCUT2D eigenvalue weighted by molar-refractivity contribution is -0.131. The van der Waals surface area contributed by atoms with Crippen molar-refractivity contribution in [3.8, 4) is 5.75 Å². The van der Waals surface area contributed by atoms with Gasteiger partial charge in [-0.3, -0.25) is 14.5 Å². The fraction of sp³-hybridized carbons (Fsp3) is 0.625. The number of benzene rings is 1. The highest BCUT2D eigenvalue weighted by Crippen LogP contribution is 2.23. The number of ether oxygens (including phenoxy) is 1. The van der Waals surface area contributed by atoms with Gasteiger partial charge >= 0.3 is 6.09 Å². The van der Waals surface area contributed by atoms with Crippen LogP contribution in [0.3, 0.4) is 0 Å². The molecule has 0 spiro atoms. The van der Waals surface area contributed by atoms with Crippen molar-refractivity contribution in [2.45, 2.75) is 84.5 Å². The Bertz CT molecular complexity index is 842. The Morgan fingerprint density at radius 3 is 2.45 bits per heavy atom. The van der Waals surface area contributed by atoms with Crippen LogP contribution in [0.2, 0.25) is 0 Å². The van der Waals surface area contributed by atoms with Gasteiger partial charge in [0.2, 0.25) is 11.8 Å². The third-order valence-electron chi connectivity index (χ3n) is 5.53. The molecule has 0 aliphatic carbocycles. The minimum absolute atomic E-state index is 0.240. The first-order valence-electron chi connectivity index (χ1n) is 11.5. The van der Waals surface area contributed by atoms with Gasteiger partial charge in [0.15, 0.2) is 0 Å². The van der Waals surface area contributed by atoms with E-state index in [1.165, 1.54) is 4.90 Å². The Morgan fingerprint density at radius 1 is 1.24 bits per heavy atom. The molecule has 1 saturated heterocycles. The number of aryl methyl sites for hydroxylation is 2. The molecule has 1 heterocycles. The maximum absolute atomic E-state index is 13.0. The average molecular weight is 463 g/mol. The SMILES string of the molecule is Cc1cc(CNC(=O)[C@H](CCCN)NC(=O)[C@@H]2CCCN2C(=O)OC(C)(C)C)cc(C)c1O. The number of hydrogen-bond donors (Lipinski definition) is 4. The molecule has 1 aliphatic rings. The van der Waals surface area contributed by atoms with Crippen LogP contribution in [0, 0.1) is 13.8 Å². The van der Waals surface area contributed by atoms with Gasteiger partial charge in [-0.15, -0.1) is 0 Å². The van der Waals surface area contributed by atoms with Crippen molar-refractivity contribution in [2.75, 3.05) is 13.1 Å². The molecule has 1 aliphatic heterocycles. The number of nitrogens with two attached hydrogens (primary N) is 1. The lowest BCUT2D eigenvalue weighted by Crippen LogP contribution is -2.53. The molecule has 0 bridgehead atoms. The highest BCUT2D eigenvalue weighted by molar-refractivity contribution is 5.91. The Hall–Kier alpha value is -2.81. The molecule has 0 aromatic heterocycles. The van der Waals surface area contributed by atoms with Crippen LogP contribution in [-0.2, 0) is 20.9 Å². The van der Waals surface area contributed by atoms with E-state index in [1.807, 2.05) is 12.1 Å². The van der Waals surface area contributed by atoms with Crippen molar-refractivity contribution in [2.24, 2.45) is 5.73 Å². The standard InChI is InChI=1S/C24H38N4O5/c1-15-12-17(13-16(2)20(15)29)14-26-21(30)18(8-6-10-25)27-22(31)19-9-7-11-28(19)23(32)33-24(3,4)5/h12-13,18-19,29H,6-11,14,25H2,1-5H3,(H,26,30)(H,27,31)/t18-,19-/m0/s1. The maximum Gasteiger partial charge on any atom is 0.410 e. The number of likely N-dealkylation sites (tertiary alicyclic amines) is 1. The zero-order valence-electron chi connectivity index (χ0n) is 20.4. The molecule has 9 heteroatoms. The molecule has 2 atom stereocenters. The number of phenols is 1. The minimum Gasteiger partial charge on any atom is -0.507 e. The summed E-state index contributed by atoms with van der Waals surface area (Å²) in [5.74, 6) is -0.446. The number of aromatic hydroxyl groups is 1. The number of hydrogen-bond acceptors (Lipinski definition) is 6. The van der Waals surface area contributed by atoms with Crippen molar-refractivity contribution in [1.82, 2.24) is 15.5 Å². The van der Waals surface area contributed by atoms with Gasteiger partial charge in [-0.1, -0.05) is 12.1 Å². The van der Waals surface area contributed by atoms with E-state index < -0.39 is 23.8 Å². The van der Waals surface area contributed by atoms with Gasteiger partial charge in [-0.2, -0.15) is 0 Å². The molecule has 0 unspecified atom stereocenters. The number of amides is 3. The summed E-state index contributed by atoms with van der Waals surface area (Å²) in [7, 11) is 0. The van der Waals surface area contributed by atoms with E-state index in [0.717, 1.165) is 16.7 Å². The minimum atomic E-state index is -0.763. The molecule has 0 radical (unpaired) electrons. The zero-order chi connectivity index (χ0) is 24.8. The van der Waals surface area contributed by atoms with Crippen molar-refractivity contribution in [3.05, 3.63) is 28.8 Å². The van der Waals surface area contributed by atoms with E-state index in [1.54, 1.807) is 34.6 Å². The molecule has 1 aromatic carbocycles. The summed E-state index contributed by atoms with van der Waals surface area (Å²) in [4.78, 5) is 39.8. The van der Waals surface area contributed by atoms with Crippen molar-refractivity contribution < 1.29 is 24.2 Å². The second-order valence-electron chi connectivity index (χ2n) is 9.62. The highest BCUT2D eigenvalue weighted by Gasteiger charge is 2.37. The predicted molar refractivity (Wildman–Crippen MR) is 126 cm³/mol. The fourth-order valence-electron chi connectivity index (χ4n) is 3.90. The van der Waals surface area contributed by atoms with E-state index in [-0.39, 0.29) is 24.1 Å². The van der Waals surface area contributed by atoms with Crippen LogP contribution in [0.25, 0.3) is 0 Å². The molecule has 9 nitrogen and oxygen atoms in total. The van der Waals surface area contributed by atoms with Crippen LogP contribution in [0.1, 0.15) is 63.1 Å². The van der Waals surface area contributed by atoms with E-state index in [2.05, 4.69) is 10.6 Å². The Balaban J connectivity index is 2.04. The van der Waals surface area contributed by atoms with Gasteiger partial charge in [-0.25, -0.2) is 4.79 Å². The zero-order valence-corrected chi connectivity index (χ0v) is 20.4. The van der Waals surface area contributed by atoms with Crippen LogP contribution < -0.4 is 16.4 Å². The van der Waals surface area contributed by atoms with Crippen molar-refractivity contribution >= 4 is 17.9 Å². The van der Waals surface area contributed by atoms with E-state index in [4.69, 9.17) is 10.5 Å². The first kappa shape index (κ1) is 26.4. The van der Waals surface area contributed by atoms with E-state index in [9.17, 15) is 19.5 Å². The normalized spacial score (nSPS) is 16.9. The number of phenolic OH excluding ortho intramolecular Hbond substituents is 1. The molecule has 5 N–H and O–H groups in total. The molecular weight excluding hydrogens is 424 g/mol. The molecule has 184 valence electrons. The van der Waals surface area contributed by atoms with Gasteiger partial charge in [-0.05, 0) is 83.5 Å². The molecular formula is C24H38N4O5. The summed E-state index contributed by atoms with van der Waals surface area (Å²) in [6.45, 7) is 10.0. The van der Waals surface area contributed by atoms with Gasteiger partial charge in [0.05, 0.1) is 0 Å². The van der Waals surface area contributed by atoms with Crippen molar-refractivity contribution in [3.63, 3.8) is 0 Å². The Kier molecular flexibility index (Phi) is 9.10. The number of carbonyl (C=O) groups is 3. The predicted octanol–water partition coefficient (Wildman–Crippen LogP) is 2.25. The smallest absolute Gasteiger partial charge is 0.410 e. The maximum atomic E-state index is 13.0. The molecule has 33 heavy (non-hydrogen) atoms. The highest BCUT2D eigenvalue weighted by atomic mass is 16.6. The van der Waals surface area contributed by atoms with Gasteiger partial charge in [0.1, 0.15) is 23.4 Å². The van der Waals surface area contributed by atoms with Crippen LogP contribution in [0.4, 0.5) is 4.79 Å². The lowest BCUT2D eigenvalue weighted by Gasteiger charge is -2.29. The Morgan fingerprint density at radius 2 is 1.88 bits per heavy atom. The lowest BCUT2D eigenvalue weighted by atomic mass is 10.1. The fourth-order valence-corrected chi connectivity index (χ4v) is 3.90. The Labute approximate surface area is 196 Å². The summed E-state index contributed by atoms with van der Waals surface area (Å²) >= 11 is 0. The second-order valence-corrected chi connectivity index (χ2v) is 9.62. The van der Waals surface area contributed by atoms with Gasteiger partial charge in [0.25, 0.3) is 0 Å². The second kappa shape index (κ2) is 11.4. The number of carbonyl (C=O) groups excluding carboxylic acids is 3. The summed E-state index contributed by atoms with van der Waals surface area (Å²) in [5, 5.41) is 15.6. The number of nitrogens with one attached hydrogen (secondary N) is 2. The van der Waals surface area contributed by atoms with Crippen LogP contribution in [0.5, 0.6) is 5.75 Å². The first-order chi connectivity index (χ1) is 15.4. The van der Waals surface area contributed by atoms with E-state index >= 15 is 0 Å². The quantitative estimate of drug-likeness (QED) is 0.468. The third-order valence-corrected chi connectivity index (χ3v) is 5.53. The number of rotatable bonds is 8. The average Bonchev–Trinajstić information content (AvgIpc) is 3.22. The molecule has 0 saturated carbocycles. The third kappa shape index (κ3) is 7.63. The van der Waals surface area contributed by atoms with E-state index in [0.29, 0.717) is 38.8 Å². The molecule has 3 amide bonds. The van der Waals surface area contributed by atoms with Crippen LogP contribution in [0.15, 0.2) is 12.1 Å². The molecule has 1 aromatic rings. The summed E-state index contributed by atoms with van der Waals surface area (Å²) in [6.07, 6.45) is 1.64. The topological polar surface area (TPSA) is 134 Å². The molecule has 1 fully saturated rings. The van der Waals surface area contributed by atoms with Crippen molar-refractivity contribution in [1.29, 1.82) is 0 Å². The monoisotopic (exact) mass is 462 g/mol. The largest absolute Gasteiger partial charge is 0.507 e. The summed E-state index contributed by atoms with van der Waals surface area (Å²) in [5.41, 5.74) is 7.29. The number of nitrogens with zero attached hydrogens (tertiary/aromatic N) is 1. The summed E-state index contributed by atoms with van der Waals surface area (Å²) < 4.78 is 5.43.